The highest BCUT2D eigenvalue weighted by molar-refractivity contribution is 6.22. The molecule has 0 bridgehead atoms. The molecule has 11 aromatic rings. The van der Waals surface area contributed by atoms with Crippen LogP contribution in [-0.2, 0) is 5.41 Å². The number of hydrogen-bond acceptors (Lipinski definition) is 4. The Balaban J connectivity index is 1.01. The summed E-state index contributed by atoms with van der Waals surface area (Å²) in [6.45, 7) is 7.47. The van der Waals surface area contributed by atoms with Crippen molar-refractivity contribution < 1.29 is 4.74 Å². The number of para-hydroxylation sites is 5. The molecule has 0 saturated carbocycles. The van der Waals surface area contributed by atoms with Crippen LogP contribution >= 0.6 is 0 Å². The first kappa shape index (κ1) is 36.6. The van der Waals surface area contributed by atoms with Crippen molar-refractivity contribution in [2.24, 2.45) is 0 Å². The summed E-state index contributed by atoms with van der Waals surface area (Å²) < 4.78 is 11.7. The minimum atomic E-state index is -0.0631. The van der Waals surface area contributed by atoms with Gasteiger partial charge >= 0.3 is 0 Å². The second-order valence-electron chi connectivity index (χ2n) is 18.0. The Bertz CT molecular complexity index is 3690. The molecule has 0 atom stereocenters. The molecule has 0 saturated heterocycles. The van der Waals surface area contributed by atoms with Crippen molar-refractivity contribution in [3.05, 3.63) is 200 Å². The molecule has 0 N–H and O–H groups in total. The van der Waals surface area contributed by atoms with E-state index >= 15 is 0 Å². The van der Waals surface area contributed by atoms with Gasteiger partial charge in [0.25, 0.3) is 0 Å². The van der Waals surface area contributed by atoms with Gasteiger partial charge in [-0.1, -0.05) is 118 Å². The number of anilines is 4. The molecule has 0 unspecified atom stereocenters. The van der Waals surface area contributed by atoms with Gasteiger partial charge in [0, 0.05) is 62.4 Å². The van der Waals surface area contributed by atoms with Crippen LogP contribution in [0.4, 0.5) is 22.7 Å². The van der Waals surface area contributed by atoms with E-state index in [0.717, 1.165) is 56.5 Å². The molecule has 3 aromatic heterocycles. The highest BCUT2D eigenvalue weighted by Gasteiger charge is 2.30. The lowest BCUT2D eigenvalue weighted by Gasteiger charge is -2.22. The summed E-state index contributed by atoms with van der Waals surface area (Å²) in [7, 11) is 0. The lowest BCUT2D eigenvalue weighted by Crippen LogP contribution is -2.23. The van der Waals surface area contributed by atoms with E-state index < -0.39 is 0 Å². The molecule has 6 nitrogen and oxygen atoms in total. The molecular weight excluding hydrogens is 783 g/mol. The molecule has 13 rings (SSSR count). The number of ether oxygens (including phenoxy) is 1. The Morgan fingerprint density at radius 2 is 1.16 bits per heavy atom. The van der Waals surface area contributed by atoms with Gasteiger partial charge in [0.2, 0.25) is 0 Å². The van der Waals surface area contributed by atoms with Crippen LogP contribution in [-0.4, -0.2) is 20.8 Å². The van der Waals surface area contributed by atoms with Crippen molar-refractivity contribution in [1.82, 2.24) is 14.1 Å². The quantitative estimate of drug-likeness (QED) is 0.173. The maximum Gasteiger partial charge on any atom is 0.137 e. The fourth-order valence-corrected chi connectivity index (χ4v) is 10.4. The van der Waals surface area contributed by atoms with Crippen LogP contribution in [0.25, 0.3) is 77.4 Å². The third-order valence-corrected chi connectivity index (χ3v) is 13.3. The average molecular weight is 826 g/mol. The summed E-state index contributed by atoms with van der Waals surface area (Å²) in [4.78, 5) is 9.80. The Morgan fingerprint density at radius 3 is 2.00 bits per heavy atom. The lowest BCUT2D eigenvalue weighted by molar-refractivity contribution is 0.483. The van der Waals surface area contributed by atoms with Crippen LogP contribution in [0.2, 0.25) is 0 Å². The smallest absolute Gasteiger partial charge is 0.137 e. The van der Waals surface area contributed by atoms with Crippen LogP contribution < -0.4 is 14.5 Å². The second-order valence-corrected chi connectivity index (χ2v) is 18.0. The van der Waals surface area contributed by atoms with Crippen molar-refractivity contribution >= 4 is 66.4 Å². The highest BCUT2D eigenvalue weighted by Crippen LogP contribution is 2.51. The molecule has 2 aliphatic rings. The van der Waals surface area contributed by atoms with E-state index in [2.05, 4.69) is 222 Å². The molecule has 0 amide bonds. The van der Waals surface area contributed by atoms with Crippen LogP contribution in [0, 0.1) is 0 Å². The minimum Gasteiger partial charge on any atom is -0.457 e. The maximum atomic E-state index is 6.88. The van der Waals surface area contributed by atoms with Crippen molar-refractivity contribution in [2.45, 2.75) is 26.2 Å². The number of nitrogens with zero attached hydrogens (tertiary/aromatic N) is 5. The van der Waals surface area contributed by atoms with Gasteiger partial charge in [0.15, 0.2) is 0 Å². The minimum absolute atomic E-state index is 0.0631. The predicted octanol–water partition coefficient (Wildman–Crippen LogP) is 15.3. The molecule has 306 valence electrons. The van der Waals surface area contributed by atoms with Crippen molar-refractivity contribution in [3.63, 3.8) is 0 Å². The summed E-state index contributed by atoms with van der Waals surface area (Å²) in [6.07, 6.45) is 1.95. The van der Waals surface area contributed by atoms with E-state index in [-0.39, 0.29) is 5.41 Å². The van der Waals surface area contributed by atoms with Crippen LogP contribution in [0.1, 0.15) is 26.3 Å². The molecule has 2 aliphatic heterocycles. The predicted molar refractivity (Wildman–Crippen MR) is 265 cm³/mol. The molecule has 0 aliphatic carbocycles. The molecule has 0 spiro atoms. The van der Waals surface area contributed by atoms with Gasteiger partial charge in [0.1, 0.15) is 24.0 Å². The molecule has 0 radical (unpaired) electrons. The first-order valence-corrected chi connectivity index (χ1v) is 22.1. The van der Waals surface area contributed by atoms with E-state index in [1.807, 2.05) is 12.3 Å². The third-order valence-electron chi connectivity index (χ3n) is 13.3. The van der Waals surface area contributed by atoms with Crippen LogP contribution in [0.15, 0.2) is 194 Å². The van der Waals surface area contributed by atoms with E-state index in [9.17, 15) is 0 Å². The molecular formula is C58H43N5O. The van der Waals surface area contributed by atoms with E-state index in [0.29, 0.717) is 6.67 Å². The summed E-state index contributed by atoms with van der Waals surface area (Å²) in [5.41, 5.74) is 16.3. The zero-order chi connectivity index (χ0) is 42.7. The summed E-state index contributed by atoms with van der Waals surface area (Å²) in [5, 5.41) is 4.84. The van der Waals surface area contributed by atoms with Gasteiger partial charge in [-0.15, -0.1) is 0 Å². The van der Waals surface area contributed by atoms with E-state index in [1.54, 1.807) is 0 Å². The largest absolute Gasteiger partial charge is 0.457 e. The number of hydrogen-bond donors (Lipinski definition) is 0. The van der Waals surface area contributed by atoms with Gasteiger partial charge < -0.3 is 19.1 Å². The van der Waals surface area contributed by atoms with Gasteiger partial charge in [0.05, 0.1) is 39.1 Å². The Kier molecular flexibility index (Phi) is 7.83. The highest BCUT2D eigenvalue weighted by atomic mass is 16.5. The monoisotopic (exact) mass is 825 g/mol. The zero-order valence-electron chi connectivity index (χ0n) is 35.8. The fourth-order valence-electron chi connectivity index (χ4n) is 10.4. The first-order chi connectivity index (χ1) is 31.4. The molecule has 64 heavy (non-hydrogen) atoms. The Labute approximate surface area is 371 Å². The standard InChI is InChI=1S/C58H43N5O/c1-58(2,3)37-31-32-59-54(33-37)62-51-29-30-52-55(44-21-8-7-19-42(44)45-22-14-23-46-43-20-9-10-24-48(43)63(52)57(45)46)56(51)47-28-27-41(35-53(47)62)64-40-18-13-17-39(34-40)61-36-60(38-15-5-4-6-16-38)49-25-11-12-26-50(49)61/h4-35H,36H2,1-3H3. The molecule has 0 fully saturated rings. The summed E-state index contributed by atoms with van der Waals surface area (Å²) >= 11 is 0. The van der Waals surface area contributed by atoms with Gasteiger partial charge in [-0.3, -0.25) is 4.57 Å². The van der Waals surface area contributed by atoms with Crippen LogP contribution in [0.3, 0.4) is 0 Å². The zero-order valence-corrected chi connectivity index (χ0v) is 35.8. The second kappa shape index (κ2) is 13.7. The summed E-state index contributed by atoms with van der Waals surface area (Å²) in [5.74, 6) is 2.40. The fraction of sp³-hybridized carbons (Fsp3) is 0.0862. The van der Waals surface area contributed by atoms with E-state index in [4.69, 9.17) is 9.72 Å². The van der Waals surface area contributed by atoms with Gasteiger partial charge in [-0.05, 0) is 101 Å². The molecule has 6 heteroatoms. The van der Waals surface area contributed by atoms with Crippen molar-refractivity contribution in [3.8, 4) is 45.3 Å². The van der Waals surface area contributed by atoms with Crippen LogP contribution in [0.5, 0.6) is 11.5 Å². The normalized spacial score (nSPS) is 13.1. The average Bonchev–Trinajstić information content (AvgIpc) is 3.97. The van der Waals surface area contributed by atoms with Gasteiger partial charge in [-0.2, -0.15) is 0 Å². The molecule has 8 aromatic carbocycles. The number of fused-ring (bicyclic) bond motifs is 13. The van der Waals surface area contributed by atoms with Gasteiger partial charge in [-0.25, -0.2) is 4.98 Å². The molecule has 5 heterocycles. The number of aromatic nitrogens is 3. The van der Waals surface area contributed by atoms with Crippen molar-refractivity contribution in [1.29, 1.82) is 0 Å². The maximum absolute atomic E-state index is 6.88. The Morgan fingerprint density at radius 1 is 0.469 bits per heavy atom. The number of benzene rings is 8. The third kappa shape index (κ3) is 5.42. The number of rotatable bonds is 5. The van der Waals surface area contributed by atoms with E-state index in [1.165, 1.54) is 60.7 Å². The SMILES string of the molecule is CC(C)(C)c1ccnc(-n2c3cc(Oc4cccc(N5CN(c6ccccc6)c6ccccc65)c4)ccc3c3c4c(ccc32)-n2c3ccccc3c3cccc(c32)-c2ccccc2-4)c1. The first-order valence-electron chi connectivity index (χ1n) is 22.1. The lowest BCUT2D eigenvalue weighted by atomic mass is 9.88. The number of pyridine rings is 1. The topological polar surface area (TPSA) is 38.5 Å². The summed E-state index contributed by atoms with van der Waals surface area (Å²) in [6, 6.07) is 67.7. The Hall–Kier alpha value is -8.09. The van der Waals surface area contributed by atoms with Crippen molar-refractivity contribution in [2.75, 3.05) is 16.5 Å².